The number of hydrogen-bond acceptors (Lipinski definition) is 4. The van der Waals surface area contributed by atoms with Gasteiger partial charge in [-0.2, -0.15) is 0 Å². The van der Waals surface area contributed by atoms with E-state index in [1.807, 2.05) is 25.2 Å². The largest absolute Gasteiger partial charge is 0.394 e. The third kappa shape index (κ3) is 2.47. The molecule has 0 radical (unpaired) electrons. The number of imidazole rings is 1. The van der Waals surface area contributed by atoms with Crippen LogP contribution in [0.2, 0.25) is 5.15 Å². The summed E-state index contributed by atoms with van der Waals surface area (Å²) in [6, 6.07) is 0. The van der Waals surface area contributed by atoms with Gasteiger partial charge in [0, 0.05) is 23.2 Å². The molecule has 0 amide bonds. The Bertz CT molecular complexity index is 532. The van der Waals surface area contributed by atoms with Crippen LogP contribution in [0.1, 0.15) is 25.2 Å². The molecule has 17 heavy (non-hydrogen) atoms. The van der Waals surface area contributed by atoms with E-state index in [0.717, 1.165) is 16.3 Å². The first kappa shape index (κ1) is 12.8. The van der Waals surface area contributed by atoms with Crippen LogP contribution in [-0.4, -0.2) is 26.6 Å². The van der Waals surface area contributed by atoms with Crippen LogP contribution in [0.25, 0.3) is 4.96 Å². The number of aryl methyl sites for hydroxylation is 1. The van der Waals surface area contributed by atoms with Crippen molar-refractivity contribution in [3.8, 4) is 0 Å². The summed E-state index contributed by atoms with van der Waals surface area (Å²) in [7, 11) is 0. The van der Waals surface area contributed by atoms with Gasteiger partial charge in [-0.05, 0) is 20.8 Å². The van der Waals surface area contributed by atoms with Crippen molar-refractivity contribution in [2.75, 3.05) is 6.61 Å². The van der Waals surface area contributed by atoms with E-state index in [4.69, 9.17) is 11.6 Å². The molecule has 0 atom stereocenters. The molecule has 0 spiro atoms. The van der Waals surface area contributed by atoms with Crippen molar-refractivity contribution in [1.29, 1.82) is 0 Å². The highest BCUT2D eigenvalue weighted by atomic mass is 35.5. The molecule has 0 saturated heterocycles. The number of hydrogen-bond donors (Lipinski definition) is 2. The average Bonchev–Trinajstić information content (AvgIpc) is 2.77. The van der Waals surface area contributed by atoms with Gasteiger partial charge in [-0.15, -0.1) is 11.3 Å². The summed E-state index contributed by atoms with van der Waals surface area (Å²) in [6.07, 6.45) is 0. The molecule has 0 saturated carbocycles. The Morgan fingerprint density at radius 2 is 2.29 bits per heavy atom. The van der Waals surface area contributed by atoms with Crippen LogP contribution >= 0.6 is 22.9 Å². The number of rotatable bonds is 4. The second-order valence-electron chi connectivity index (χ2n) is 4.74. The van der Waals surface area contributed by atoms with Crippen LogP contribution in [0.5, 0.6) is 0 Å². The Morgan fingerprint density at radius 1 is 1.59 bits per heavy atom. The van der Waals surface area contributed by atoms with Gasteiger partial charge in [0.15, 0.2) is 10.1 Å². The molecule has 6 heteroatoms. The van der Waals surface area contributed by atoms with E-state index in [-0.39, 0.29) is 12.1 Å². The minimum Gasteiger partial charge on any atom is -0.394 e. The fourth-order valence-electron chi connectivity index (χ4n) is 1.57. The Kier molecular flexibility index (Phi) is 3.45. The van der Waals surface area contributed by atoms with Gasteiger partial charge < -0.3 is 10.4 Å². The maximum atomic E-state index is 9.20. The van der Waals surface area contributed by atoms with Crippen molar-refractivity contribution in [2.45, 2.75) is 32.9 Å². The second-order valence-corrected chi connectivity index (χ2v) is 5.93. The Labute approximate surface area is 109 Å². The van der Waals surface area contributed by atoms with Crippen LogP contribution in [0.15, 0.2) is 5.38 Å². The molecule has 2 N–H and O–H groups in total. The zero-order valence-electron chi connectivity index (χ0n) is 10.1. The van der Waals surface area contributed by atoms with Crippen LogP contribution in [-0.2, 0) is 6.54 Å². The lowest BCUT2D eigenvalue weighted by Crippen LogP contribution is -2.42. The number of aromatic nitrogens is 2. The van der Waals surface area contributed by atoms with Crippen LogP contribution in [0.4, 0.5) is 0 Å². The summed E-state index contributed by atoms with van der Waals surface area (Å²) in [5.74, 6) is 0. The number of nitrogens with zero attached hydrogens (tertiary/aromatic N) is 2. The highest BCUT2D eigenvalue weighted by Crippen LogP contribution is 2.24. The maximum absolute atomic E-state index is 9.20. The van der Waals surface area contributed by atoms with Gasteiger partial charge in [-0.1, -0.05) is 11.6 Å². The predicted molar refractivity (Wildman–Crippen MR) is 70.8 cm³/mol. The van der Waals surface area contributed by atoms with Crippen molar-refractivity contribution in [3.63, 3.8) is 0 Å². The maximum Gasteiger partial charge on any atom is 0.195 e. The molecule has 0 aromatic carbocycles. The summed E-state index contributed by atoms with van der Waals surface area (Å²) in [6.45, 7) is 6.59. The van der Waals surface area contributed by atoms with Crippen molar-refractivity contribution in [3.05, 3.63) is 21.9 Å². The summed E-state index contributed by atoms with van der Waals surface area (Å²) < 4.78 is 2.05. The van der Waals surface area contributed by atoms with Gasteiger partial charge >= 0.3 is 0 Å². The van der Waals surface area contributed by atoms with Gasteiger partial charge in [0.25, 0.3) is 0 Å². The Balaban J connectivity index is 2.29. The van der Waals surface area contributed by atoms with Gasteiger partial charge in [0.2, 0.25) is 0 Å². The summed E-state index contributed by atoms with van der Waals surface area (Å²) >= 11 is 7.70. The normalized spacial score (nSPS) is 12.5. The lowest BCUT2D eigenvalue weighted by molar-refractivity contribution is 0.187. The molecule has 2 heterocycles. The first-order chi connectivity index (χ1) is 7.94. The second kappa shape index (κ2) is 4.57. The molecule has 2 aromatic rings. The molecule has 2 rings (SSSR count). The predicted octanol–water partition coefficient (Wildman–Crippen LogP) is 2.22. The number of nitrogens with one attached hydrogen (secondary N) is 1. The third-order valence-electron chi connectivity index (χ3n) is 2.71. The minimum absolute atomic E-state index is 0.0786. The van der Waals surface area contributed by atoms with Gasteiger partial charge in [0.05, 0.1) is 12.3 Å². The number of halogens is 1. The van der Waals surface area contributed by atoms with E-state index in [0.29, 0.717) is 11.7 Å². The van der Waals surface area contributed by atoms with Gasteiger partial charge in [0.1, 0.15) is 0 Å². The fourth-order valence-corrected chi connectivity index (χ4v) is 2.74. The standard InChI is InChI=1S/C11H16ClN3OS/c1-7-5-17-10-14-9(12)8(15(7)10)4-13-11(2,3)6-16/h5,13,16H,4,6H2,1-3H3. The lowest BCUT2D eigenvalue weighted by Gasteiger charge is -2.23. The van der Waals surface area contributed by atoms with E-state index in [1.54, 1.807) is 11.3 Å². The minimum atomic E-state index is -0.322. The molecule has 0 aliphatic heterocycles. The molecule has 2 aromatic heterocycles. The third-order valence-corrected chi connectivity index (χ3v) is 3.96. The fraction of sp³-hybridized carbons (Fsp3) is 0.545. The number of aliphatic hydroxyl groups excluding tert-OH is 1. The summed E-state index contributed by atoms with van der Waals surface area (Å²) in [4.78, 5) is 5.21. The molecule has 4 nitrogen and oxygen atoms in total. The smallest absolute Gasteiger partial charge is 0.195 e. The topological polar surface area (TPSA) is 49.6 Å². The zero-order chi connectivity index (χ0) is 12.6. The SMILES string of the molecule is Cc1csc2nc(Cl)c(CNC(C)(C)CO)n12. The van der Waals surface area contributed by atoms with E-state index in [2.05, 4.69) is 15.7 Å². The van der Waals surface area contributed by atoms with Crippen molar-refractivity contribution < 1.29 is 5.11 Å². The molecule has 0 aliphatic rings. The van der Waals surface area contributed by atoms with Crippen molar-refractivity contribution in [2.24, 2.45) is 0 Å². The number of thiazole rings is 1. The quantitative estimate of drug-likeness (QED) is 0.898. The molecule has 0 bridgehead atoms. The molecule has 0 fully saturated rings. The lowest BCUT2D eigenvalue weighted by atomic mass is 10.1. The molecule has 94 valence electrons. The van der Waals surface area contributed by atoms with Crippen molar-refractivity contribution >= 4 is 27.9 Å². The van der Waals surface area contributed by atoms with Crippen LogP contribution in [0, 0.1) is 6.92 Å². The summed E-state index contributed by atoms with van der Waals surface area (Å²) in [5, 5.41) is 15.1. The average molecular weight is 274 g/mol. The first-order valence-electron chi connectivity index (χ1n) is 5.41. The zero-order valence-corrected chi connectivity index (χ0v) is 11.7. The number of fused-ring (bicyclic) bond motifs is 1. The van der Waals surface area contributed by atoms with E-state index in [1.165, 1.54) is 0 Å². The number of aliphatic hydroxyl groups is 1. The van der Waals surface area contributed by atoms with E-state index < -0.39 is 0 Å². The van der Waals surface area contributed by atoms with E-state index >= 15 is 0 Å². The van der Waals surface area contributed by atoms with E-state index in [9.17, 15) is 5.11 Å². The molecular formula is C11H16ClN3OS. The first-order valence-corrected chi connectivity index (χ1v) is 6.67. The van der Waals surface area contributed by atoms with Crippen molar-refractivity contribution in [1.82, 2.24) is 14.7 Å². The molecule has 0 aliphatic carbocycles. The van der Waals surface area contributed by atoms with Crippen LogP contribution < -0.4 is 5.32 Å². The van der Waals surface area contributed by atoms with Gasteiger partial charge in [-0.3, -0.25) is 4.40 Å². The van der Waals surface area contributed by atoms with Crippen LogP contribution in [0.3, 0.4) is 0 Å². The highest BCUT2D eigenvalue weighted by molar-refractivity contribution is 7.15. The molecular weight excluding hydrogens is 258 g/mol. The summed E-state index contributed by atoms with van der Waals surface area (Å²) in [5.41, 5.74) is 1.75. The van der Waals surface area contributed by atoms with Gasteiger partial charge in [-0.25, -0.2) is 4.98 Å². The Morgan fingerprint density at radius 3 is 2.94 bits per heavy atom. The monoisotopic (exact) mass is 273 g/mol. The Hall–Kier alpha value is -0.620. The highest BCUT2D eigenvalue weighted by Gasteiger charge is 2.19. The molecule has 0 unspecified atom stereocenters.